The van der Waals surface area contributed by atoms with Gasteiger partial charge in [0.1, 0.15) is 6.61 Å². The minimum absolute atomic E-state index is 0.0622. The third kappa shape index (κ3) is 5.49. The number of aromatic nitrogens is 1. The number of carbonyl (C=O) groups excluding carboxylic acids is 2. The van der Waals surface area contributed by atoms with E-state index in [0.29, 0.717) is 32.0 Å². The van der Waals surface area contributed by atoms with Gasteiger partial charge in [0, 0.05) is 44.1 Å². The summed E-state index contributed by atoms with van der Waals surface area (Å²) < 4.78 is 5.70. The summed E-state index contributed by atoms with van der Waals surface area (Å²) in [6, 6.07) is 13.5. The van der Waals surface area contributed by atoms with Gasteiger partial charge in [-0.15, -0.1) is 0 Å². The van der Waals surface area contributed by atoms with Crippen LogP contribution >= 0.6 is 11.8 Å². The molecule has 0 unspecified atom stereocenters. The zero-order valence-electron chi connectivity index (χ0n) is 14.4. The van der Waals surface area contributed by atoms with Crippen LogP contribution in [0.25, 0.3) is 0 Å². The van der Waals surface area contributed by atoms with Gasteiger partial charge in [0.2, 0.25) is 11.8 Å². The maximum Gasteiger partial charge on any atom is 0.281 e. The van der Waals surface area contributed by atoms with E-state index in [4.69, 9.17) is 4.74 Å². The second-order valence-electron chi connectivity index (χ2n) is 5.90. The van der Waals surface area contributed by atoms with E-state index < -0.39 is 0 Å². The second kappa shape index (κ2) is 9.24. The SMILES string of the molecule is O=C(CCN1CCSC1=O)NCc1ccnc(OCc2ccccc2)c1. The van der Waals surface area contributed by atoms with E-state index in [1.165, 1.54) is 11.8 Å². The van der Waals surface area contributed by atoms with Crippen molar-refractivity contribution < 1.29 is 14.3 Å². The van der Waals surface area contributed by atoms with Gasteiger partial charge in [-0.3, -0.25) is 9.59 Å². The summed E-state index contributed by atoms with van der Waals surface area (Å²) in [5, 5.41) is 2.93. The summed E-state index contributed by atoms with van der Waals surface area (Å²) >= 11 is 1.31. The number of hydrogen-bond acceptors (Lipinski definition) is 5. The molecular weight excluding hydrogens is 350 g/mol. The van der Waals surface area contributed by atoms with E-state index >= 15 is 0 Å². The summed E-state index contributed by atoms with van der Waals surface area (Å²) in [5.74, 6) is 1.27. The average molecular weight is 371 g/mol. The van der Waals surface area contributed by atoms with Crippen LogP contribution in [0.15, 0.2) is 48.7 Å². The molecule has 0 spiro atoms. The van der Waals surface area contributed by atoms with Gasteiger partial charge in [-0.05, 0) is 17.2 Å². The number of rotatable bonds is 8. The van der Waals surface area contributed by atoms with Gasteiger partial charge in [-0.25, -0.2) is 4.98 Å². The maximum absolute atomic E-state index is 12.0. The molecule has 0 radical (unpaired) electrons. The molecule has 1 fully saturated rings. The highest BCUT2D eigenvalue weighted by Gasteiger charge is 2.21. The van der Waals surface area contributed by atoms with Crippen molar-refractivity contribution in [2.45, 2.75) is 19.6 Å². The lowest BCUT2D eigenvalue weighted by molar-refractivity contribution is -0.121. The predicted molar refractivity (Wildman–Crippen MR) is 101 cm³/mol. The first-order chi connectivity index (χ1) is 12.7. The molecule has 2 aromatic rings. The fraction of sp³-hybridized carbons (Fsp3) is 0.316. The van der Waals surface area contributed by atoms with Crippen LogP contribution in [0.4, 0.5) is 4.79 Å². The van der Waals surface area contributed by atoms with Crippen molar-refractivity contribution in [3.05, 3.63) is 59.8 Å². The third-order valence-corrected chi connectivity index (χ3v) is 4.86. The Labute approximate surface area is 156 Å². The zero-order valence-corrected chi connectivity index (χ0v) is 15.2. The number of benzene rings is 1. The number of pyridine rings is 1. The molecule has 136 valence electrons. The smallest absolute Gasteiger partial charge is 0.281 e. The number of carbonyl (C=O) groups is 2. The summed E-state index contributed by atoms with van der Waals surface area (Å²) in [4.78, 5) is 29.4. The molecule has 1 aliphatic heterocycles. The second-order valence-corrected chi connectivity index (χ2v) is 6.95. The molecule has 1 N–H and O–H groups in total. The summed E-state index contributed by atoms with van der Waals surface area (Å²) in [6.07, 6.45) is 1.98. The summed E-state index contributed by atoms with van der Waals surface area (Å²) in [5.41, 5.74) is 1.99. The Bertz CT molecular complexity index is 755. The van der Waals surface area contributed by atoms with Gasteiger partial charge in [-0.2, -0.15) is 0 Å². The van der Waals surface area contributed by atoms with Gasteiger partial charge in [0.25, 0.3) is 5.24 Å². The van der Waals surface area contributed by atoms with Crippen molar-refractivity contribution in [3.63, 3.8) is 0 Å². The molecule has 2 heterocycles. The molecule has 0 atom stereocenters. The van der Waals surface area contributed by atoms with E-state index in [9.17, 15) is 9.59 Å². The zero-order chi connectivity index (χ0) is 18.2. The molecule has 26 heavy (non-hydrogen) atoms. The number of thioether (sulfide) groups is 1. The molecule has 0 saturated carbocycles. The quantitative estimate of drug-likeness (QED) is 0.773. The highest BCUT2D eigenvalue weighted by Crippen LogP contribution is 2.17. The van der Waals surface area contributed by atoms with E-state index in [1.807, 2.05) is 42.5 Å². The van der Waals surface area contributed by atoms with Gasteiger partial charge >= 0.3 is 0 Å². The maximum atomic E-state index is 12.0. The standard InChI is InChI=1S/C19H21N3O3S/c23-17(7-9-22-10-11-26-19(22)24)21-13-16-6-8-20-18(12-16)25-14-15-4-2-1-3-5-15/h1-6,8,12H,7,9-11,13-14H2,(H,21,23). The Morgan fingerprint density at radius 1 is 1.23 bits per heavy atom. The molecule has 1 aliphatic rings. The third-order valence-electron chi connectivity index (χ3n) is 3.97. The first-order valence-electron chi connectivity index (χ1n) is 8.51. The Morgan fingerprint density at radius 2 is 2.08 bits per heavy atom. The first-order valence-corrected chi connectivity index (χ1v) is 9.49. The topological polar surface area (TPSA) is 71.5 Å². The van der Waals surface area contributed by atoms with Crippen LogP contribution in [0, 0.1) is 0 Å². The van der Waals surface area contributed by atoms with Crippen molar-refractivity contribution in [2.75, 3.05) is 18.8 Å². The molecule has 3 rings (SSSR count). The Kier molecular flexibility index (Phi) is 6.49. The molecule has 7 heteroatoms. The number of nitrogens with one attached hydrogen (secondary N) is 1. The van der Waals surface area contributed by atoms with Crippen LogP contribution in [0.5, 0.6) is 5.88 Å². The van der Waals surface area contributed by atoms with Crippen LogP contribution in [0.2, 0.25) is 0 Å². The number of amides is 2. The summed E-state index contributed by atoms with van der Waals surface area (Å²) in [7, 11) is 0. The highest BCUT2D eigenvalue weighted by atomic mass is 32.2. The van der Waals surface area contributed by atoms with Gasteiger partial charge in [0.15, 0.2) is 0 Å². The Balaban J connectivity index is 1.43. The predicted octanol–water partition coefficient (Wildman–Crippen LogP) is 2.84. The van der Waals surface area contributed by atoms with Gasteiger partial charge < -0.3 is 15.0 Å². The fourth-order valence-electron chi connectivity index (χ4n) is 2.53. The minimum Gasteiger partial charge on any atom is -0.473 e. The van der Waals surface area contributed by atoms with Crippen LogP contribution in [0.1, 0.15) is 17.5 Å². The number of hydrogen-bond donors (Lipinski definition) is 1. The van der Waals surface area contributed by atoms with Crippen molar-refractivity contribution >= 4 is 22.9 Å². The number of ether oxygens (including phenoxy) is 1. The molecule has 6 nitrogen and oxygen atoms in total. The number of nitrogens with zero attached hydrogens (tertiary/aromatic N) is 2. The lowest BCUT2D eigenvalue weighted by atomic mass is 10.2. The molecule has 1 aromatic heterocycles. The van der Waals surface area contributed by atoms with Crippen molar-refractivity contribution in [1.82, 2.24) is 15.2 Å². The van der Waals surface area contributed by atoms with E-state index in [1.54, 1.807) is 11.1 Å². The van der Waals surface area contributed by atoms with Gasteiger partial charge in [-0.1, -0.05) is 42.1 Å². The highest BCUT2D eigenvalue weighted by molar-refractivity contribution is 8.13. The molecule has 1 aromatic carbocycles. The van der Waals surface area contributed by atoms with E-state index in [-0.39, 0.29) is 11.1 Å². The van der Waals surface area contributed by atoms with Crippen molar-refractivity contribution in [1.29, 1.82) is 0 Å². The summed E-state index contributed by atoms with van der Waals surface area (Å²) in [6.45, 7) is 2.06. The lowest BCUT2D eigenvalue weighted by Crippen LogP contribution is -2.30. The Hall–Kier alpha value is -2.54. The van der Waals surface area contributed by atoms with Crippen molar-refractivity contribution in [2.24, 2.45) is 0 Å². The molecule has 2 amide bonds. The molecule has 1 saturated heterocycles. The van der Waals surface area contributed by atoms with Crippen LogP contribution in [-0.2, 0) is 17.9 Å². The molecule has 0 bridgehead atoms. The molecule has 0 aliphatic carbocycles. The van der Waals surface area contributed by atoms with Crippen LogP contribution in [0.3, 0.4) is 0 Å². The van der Waals surface area contributed by atoms with Crippen LogP contribution in [-0.4, -0.2) is 39.9 Å². The minimum atomic E-state index is -0.0710. The molecular formula is C19H21N3O3S. The van der Waals surface area contributed by atoms with E-state index in [2.05, 4.69) is 10.3 Å². The monoisotopic (exact) mass is 371 g/mol. The van der Waals surface area contributed by atoms with Crippen molar-refractivity contribution in [3.8, 4) is 5.88 Å². The Morgan fingerprint density at radius 3 is 2.85 bits per heavy atom. The first kappa shape index (κ1) is 18.3. The van der Waals surface area contributed by atoms with E-state index in [0.717, 1.165) is 23.4 Å². The lowest BCUT2D eigenvalue weighted by Gasteiger charge is -2.14. The average Bonchev–Trinajstić information content (AvgIpc) is 3.09. The van der Waals surface area contributed by atoms with Gasteiger partial charge in [0.05, 0.1) is 0 Å². The largest absolute Gasteiger partial charge is 0.473 e. The normalized spacial score (nSPS) is 13.7. The fourth-order valence-corrected chi connectivity index (χ4v) is 3.38. The van der Waals surface area contributed by atoms with Crippen LogP contribution < -0.4 is 10.1 Å².